The molecule has 2 heterocycles. The van der Waals surface area contributed by atoms with Gasteiger partial charge in [-0.05, 0) is 26.8 Å². The van der Waals surface area contributed by atoms with Crippen LogP contribution in [0.4, 0.5) is 14.5 Å². The highest BCUT2D eigenvalue weighted by molar-refractivity contribution is 8.15. The van der Waals surface area contributed by atoms with Gasteiger partial charge in [-0.15, -0.1) is 0 Å². The molecular formula is C23H26F2N6O3S. The molecule has 1 aliphatic heterocycles. The highest BCUT2D eigenvalue weighted by atomic mass is 32.2. The van der Waals surface area contributed by atoms with Crippen molar-refractivity contribution in [1.29, 1.82) is 5.26 Å². The van der Waals surface area contributed by atoms with Crippen molar-refractivity contribution in [3.63, 3.8) is 0 Å². The maximum Gasteiger partial charge on any atom is 0.275 e. The fraction of sp³-hybridized carbons (Fsp3) is 0.435. The minimum Gasteiger partial charge on any atom is -0.471 e. The lowest BCUT2D eigenvalue weighted by Crippen LogP contribution is -2.48. The van der Waals surface area contributed by atoms with E-state index in [0.717, 1.165) is 17.8 Å². The monoisotopic (exact) mass is 504 g/mol. The van der Waals surface area contributed by atoms with Gasteiger partial charge in [0.15, 0.2) is 16.8 Å². The number of aliphatic imine (C=N–C) groups is 1. The maximum atomic E-state index is 15.0. The number of anilines is 1. The molecule has 3 N–H and O–H groups in total. The zero-order valence-corrected chi connectivity index (χ0v) is 20.7. The van der Waals surface area contributed by atoms with Gasteiger partial charge in [-0.3, -0.25) is 9.79 Å². The number of methoxy groups -OCH3 is 1. The Bertz CT molecular complexity index is 1190. The van der Waals surface area contributed by atoms with Crippen molar-refractivity contribution in [1.82, 2.24) is 9.97 Å². The molecule has 2 aromatic rings. The van der Waals surface area contributed by atoms with Crippen LogP contribution < -0.4 is 15.8 Å². The van der Waals surface area contributed by atoms with E-state index >= 15 is 0 Å². The van der Waals surface area contributed by atoms with Crippen LogP contribution in [0.5, 0.6) is 5.88 Å². The summed E-state index contributed by atoms with van der Waals surface area (Å²) in [5.41, 5.74) is 4.38. The number of nitrogens with two attached hydrogens (primary N) is 1. The summed E-state index contributed by atoms with van der Waals surface area (Å²) < 4.78 is 39.1. The number of carbonyl (C=O) groups is 1. The number of hydrogen-bond acceptors (Lipinski definition) is 9. The molecule has 12 heteroatoms. The molecule has 1 aliphatic rings. The van der Waals surface area contributed by atoms with Gasteiger partial charge in [-0.2, -0.15) is 5.26 Å². The molecule has 0 bridgehead atoms. The first-order valence-electron chi connectivity index (χ1n) is 10.7. The van der Waals surface area contributed by atoms with E-state index in [2.05, 4.69) is 26.3 Å². The first-order valence-corrected chi connectivity index (χ1v) is 11.5. The van der Waals surface area contributed by atoms with Crippen molar-refractivity contribution in [3.8, 4) is 11.9 Å². The van der Waals surface area contributed by atoms with Gasteiger partial charge in [0, 0.05) is 30.3 Å². The van der Waals surface area contributed by atoms with Crippen LogP contribution in [0.2, 0.25) is 0 Å². The van der Waals surface area contributed by atoms with Crippen molar-refractivity contribution >= 4 is 28.5 Å². The Morgan fingerprint density at radius 2 is 2.06 bits per heavy atom. The molecule has 0 fully saturated rings. The Morgan fingerprint density at radius 1 is 1.34 bits per heavy atom. The Labute approximate surface area is 206 Å². The van der Waals surface area contributed by atoms with E-state index in [4.69, 9.17) is 15.2 Å². The molecule has 0 saturated heterocycles. The fourth-order valence-electron chi connectivity index (χ4n) is 3.80. The zero-order valence-electron chi connectivity index (χ0n) is 19.9. The summed E-state index contributed by atoms with van der Waals surface area (Å²) in [6.45, 7) is 7.11. The second-order valence-electron chi connectivity index (χ2n) is 8.54. The number of thioether (sulfide) groups is 1. The van der Waals surface area contributed by atoms with Gasteiger partial charge >= 0.3 is 0 Å². The van der Waals surface area contributed by atoms with Gasteiger partial charge in [-0.25, -0.2) is 18.7 Å². The fourth-order valence-corrected chi connectivity index (χ4v) is 4.92. The lowest BCUT2D eigenvalue weighted by Gasteiger charge is -2.43. The van der Waals surface area contributed by atoms with Gasteiger partial charge in [0.05, 0.1) is 30.6 Å². The van der Waals surface area contributed by atoms with Crippen molar-refractivity contribution < 1.29 is 23.0 Å². The van der Waals surface area contributed by atoms with Crippen LogP contribution in [0, 0.1) is 28.9 Å². The summed E-state index contributed by atoms with van der Waals surface area (Å²) in [4.78, 5) is 25.1. The molecule has 1 amide bonds. The number of hydrogen-bond donors (Lipinski definition) is 2. The molecule has 186 valence electrons. The Hall–Kier alpha value is -3.30. The summed E-state index contributed by atoms with van der Waals surface area (Å²) in [6, 6.07) is 4.34. The van der Waals surface area contributed by atoms with E-state index in [9.17, 15) is 18.8 Å². The number of nitrogens with one attached hydrogen (secondary N) is 1. The lowest BCUT2D eigenvalue weighted by molar-refractivity contribution is 0.0885. The number of ether oxygens (including phenoxy) is 2. The van der Waals surface area contributed by atoms with Crippen molar-refractivity contribution in [2.75, 3.05) is 19.0 Å². The maximum absolute atomic E-state index is 15.0. The molecule has 0 aliphatic carbocycles. The summed E-state index contributed by atoms with van der Waals surface area (Å²) in [5, 5.41) is 12.3. The van der Waals surface area contributed by atoms with E-state index < -0.39 is 33.7 Å². The van der Waals surface area contributed by atoms with Gasteiger partial charge in [-0.1, -0.05) is 18.7 Å². The largest absolute Gasteiger partial charge is 0.471 e. The molecule has 1 unspecified atom stereocenters. The van der Waals surface area contributed by atoms with Crippen LogP contribution in [0.1, 0.15) is 43.7 Å². The molecule has 0 spiro atoms. The minimum atomic E-state index is -1.36. The van der Waals surface area contributed by atoms with Gasteiger partial charge in [0.25, 0.3) is 5.91 Å². The Morgan fingerprint density at radius 3 is 2.66 bits per heavy atom. The number of halogens is 2. The van der Waals surface area contributed by atoms with Crippen molar-refractivity contribution in [2.24, 2.45) is 16.6 Å². The zero-order chi connectivity index (χ0) is 26.0. The summed E-state index contributed by atoms with van der Waals surface area (Å²) >= 11 is 1.07. The topological polar surface area (TPSA) is 136 Å². The average Bonchev–Trinajstić information content (AvgIpc) is 2.80. The Balaban J connectivity index is 1.89. The lowest BCUT2D eigenvalue weighted by atomic mass is 9.74. The van der Waals surface area contributed by atoms with Crippen LogP contribution in [0.25, 0.3) is 0 Å². The summed E-state index contributed by atoms with van der Waals surface area (Å²) in [5.74, 6) is -3.34. The van der Waals surface area contributed by atoms with Crippen LogP contribution in [0.3, 0.4) is 0 Å². The minimum absolute atomic E-state index is 0.0150. The molecule has 0 saturated carbocycles. The molecule has 0 radical (unpaired) electrons. The third kappa shape index (κ3) is 5.36. The standard InChI is InChI=1S/C23H26F2N6O3S/c1-12(10-33-5)34-18-9-28-17(8-29-18)20(32)30-14-6-15(19(25)16(24)7-14)23(4)13(2)22(3,11-26)35-21(27)31-23/h6-9,12-13H,10H2,1-5H3,(H2,27,31)(H,30,32)/t12-,13?,22+,23-/m0/s1. The number of carbonyl (C=O) groups excluding carboxylic acids is 1. The van der Waals surface area contributed by atoms with Gasteiger partial charge in [0.1, 0.15) is 16.5 Å². The third-order valence-corrected chi connectivity index (χ3v) is 7.14. The smallest absolute Gasteiger partial charge is 0.275 e. The van der Waals surface area contributed by atoms with Crippen LogP contribution in [-0.2, 0) is 10.3 Å². The normalized spacial score (nSPS) is 24.7. The molecule has 35 heavy (non-hydrogen) atoms. The predicted octanol–water partition coefficient (Wildman–Crippen LogP) is 3.62. The molecule has 9 nitrogen and oxygen atoms in total. The van der Waals surface area contributed by atoms with E-state index in [1.807, 2.05) is 0 Å². The number of benzene rings is 1. The van der Waals surface area contributed by atoms with Gasteiger partial charge in [0.2, 0.25) is 5.88 Å². The first kappa shape index (κ1) is 26.3. The van der Waals surface area contributed by atoms with Crippen LogP contribution >= 0.6 is 11.8 Å². The highest BCUT2D eigenvalue weighted by Gasteiger charge is 2.50. The van der Waals surface area contributed by atoms with Crippen molar-refractivity contribution in [3.05, 3.63) is 47.4 Å². The van der Waals surface area contributed by atoms with E-state index in [-0.39, 0.29) is 34.1 Å². The number of nitriles is 1. The van der Waals surface area contributed by atoms with Crippen molar-refractivity contribution in [2.45, 2.75) is 44.1 Å². The van der Waals surface area contributed by atoms with Crippen LogP contribution in [-0.4, -0.2) is 45.6 Å². The van der Waals surface area contributed by atoms with E-state index in [1.165, 1.54) is 18.5 Å². The number of rotatable bonds is 7. The number of nitrogens with zero attached hydrogens (tertiary/aromatic N) is 4. The average molecular weight is 505 g/mol. The Kier molecular flexibility index (Phi) is 7.62. The predicted molar refractivity (Wildman–Crippen MR) is 128 cm³/mol. The summed E-state index contributed by atoms with van der Waals surface area (Å²) in [6.07, 6.45) is 2.22. The number of amidine groups is 1. The third-order valence-electron chi connectivity index (χ3n) is 5.97. The van der Waals surface area contributed by atoms with E-state index in [0.29, 0.717) is 6.61 Å². The van der Waals surface area contributed by atoms with Crippen LogP contribution in [0.15, 0.2) is 29.5 Å². The molecule has 3 rings (SSSR count). The number of aromatic nitrogens is 2. The molecular weight excluding hydrogens is 478 g/mol. The highest BCUT2D eigenvalue weighted by Crippen LogP contribution is 2.50. The summed E-state index contributed by atoms with van der Waals surface area (Å²) in [7, 11) is 1.54. The van der Waals surface area contributed by atoms with E-state index in [1.54, 1.807) is 34.8 Å². The second-order valence-corrected chi connectivity index (χ2v) is 10.0. The second kappa shape index (κ2) is 10.1. The molecule has 4 atom stereocenters. The quantitative estimate of drug-likeness (QED) is 0.584. The molecule has 1 aromatic carbocycles. The number of amides is 1. The molecule has 1 aromatic heterocycles. The van der Waals surface area contributed by atoms with Gasteiger partial charge < -0.3 is 20.5 Å². The first-order chi connectivity index (χ1) is 16.4. The SMILES string of the molecule is COC[C@H](C)Oc1cnc(C(=O)Nc2cc(F)c(F)c([C@@]3(C)N=C(N)S[C@](C)(C#N)C3C)c2)cn1.